The lowest BCUT2D eigenvalue weighted by atomic mass is 10.00. The molecule has 2 aliphatic rings. The highest BCUT2D eigenvalue weighted by molar-refractivity contribution is 7.92. The zero-order valence-corrected chi connectivity index (χ0v) is 19.8. The molecule has 6 nitrogen and oxygen atoms in total. The summed E-state index contributed by atoms with van der Waals surface area (Å²) in [5.74, 6) is 0.231. The monoisotopic (exact) mass is 461 g/mol. The summed E-state index contributed by atoms with van der Waals surface area (Å²) in [5, 5.41) is 2.13. The molecule has 2 aromatic carbocycles. The molecule has 0 aromatic heterocycles. The van der Waals surface area contributed by atoms with Crippen molar-refractivity contribution < 1.29 is 17.5 Å². The summed E-state index contributed by atoms with van der Waals surface area (Å²) < 4.78 is 48.4. The summed E-state index contributed by atoms with van der Waals surface area (Å²) in [6.07, 6.45) is 2.08. The minimum Gasteiger partial charge on any atom is -0.381 e. The molecule has 0 saturated carbocycles. The van der Waals surface area contributed by atoms with Gasteiger partial charge in [-0.15, -0.1) is 0 Å². The van der Waals surface area contributed by atoms with E-state index in [-0.39, 0.29) is 17.4 Å². The maximum Gasteiger partial charge on any atom is 0.264 e. The van der Waals surface area contributed by atoms with Gasteiger partial charge < -0.3 is 9.75 Å². The number of hydrogen-bond acceptors (Lipinski definition) is 5. The van der Waals surface area contributed by atoms with Crippen LogP contribution in [0.1, 0.15) is 37.8 Å². The third-order valence-electron chi connectivity index (χ3n) is 6.21. The van der Waals surface area contributed by atoms with Gasteiger partial charge in [0.2, 0.25) is 0 Å². The molecule has 0 amide bonds. The van der Waals surface area contributed by atoms with Crippen LogP contribution in [0.5, 0.6) is 0 Å². The summed E-state index contributed by atoms with van der Waals surface area (Å²) in [5.41, 5.74) is 6.09. The highest BCUT2D eigenvalue weighted by Crippen LogP contribution is 2.33. The van der Waals surface area contributed by atoms with Gasteiger partial charge in [0.15, 0.2) is 0 Å². The molecule has 1 fully saturated rings. The zero-order chi connectivity index (χ0) is 22.9. The summed E-state index contributed by atoms with van der Waals surface area (Å²) in [4.78, 5) is 0.232. The number of anilines is 2. The number of hydrazine groups is 1. The van der Waals surface area contributed by atoms with Gasteiger partial charge in [0.25, 0.3) is 10.0 Å². The van der Waals surface area contributed by atoms with Gasteiger partial charge in [-0.25, -0.2) is 18.2 Å². The lowest BCUT2D eigenvalue weighted by Crippen LogP contribution is -2.38. The summed E-state index contributed by atoms with van der Waals surface area (Å²) >= 11 is 0. The van der Waals surface area contributed by atoms with E-state index in [1.54, 1.807) is 31.2 Å². The van der Waals surface area contributed by atoms with Crippen LogP contribution in [0, 0.1) is 24.6 Å². The van der Waals surface area contributed by atoms with Crippen LogP contribution in [-0.2, 0) is 21.3 Å². The fourth-order valence-electron chi connectivity index (χ4n) is 4.39. The van der Waals surface area contributed by atoms with Crippen LogP contribution >= 0.6 is 0 Å². The first-order valence-electron chi connectivity index (χ1n) is 11.3. The number of hydrogen-bond donors (Lipinski definition) is 1. The number of halogens is 1. The predicted octanol–water partition coefficient (Wildman–Crippen LogP) is 4.24. The fourth-order valence-corrected chi connectivity index (χ4v) is 6.13. The third-order valence-corrected chi connectivity index (χ3v) is 7.99. The molecule has 32 heavy (non-hydrogen) atoms. The second-order valence-corrected chi connectivity index (χ2v) is 11.0. The Morgan fingerprint density at radius 2 is 1.97 bits per heavy atom. The average molecular weight is 462 g/mol. The van der Waals surface area contributed by atoms with Gasteiger partial charge in [0.05, 0.1) is 16.3 Å². The third kappa shape index (κ3) is 4.63. The molecule has 0 aliphatic carbocycles. The Balaban J connectivity index is 1.63. The summed E-state index contributed by atoms with van der Waals surface area (Å²) in [6.45, 7) is 8.87. The van der Waals surface area contributed by atoms with E-state index >= 15 is 0 Å². The standard InChI is InChI=1S/C24H32FN3O3S/c1-17(2)15-28(23-6-4-5-22(25)18(23)3)32(29,30)21-7-8-24-20(13-21)14-26-27(24)16-19-9-11-31-12-10-19/h4-8,13,17,19,26H,9-12,14-16H2,1-3H3. The first-order valence-corrected chi connectivity index (χ1v) is 12.7. The predicted molar refractivity (Wildman–Crippen MR) is 125 cm³/mol. The molecule has 2 aromatic rings. The van der Waals surface area contributed by atoms with Crippen LogP contribution in [0.2, 0.25) is 0 Å². The van der Waals surface area contributed by atoms with Gasteiger partial charge in [0.1, 0.15) is 5.82 Å². The number of benzene rings is 2. The topological polar surface area (TPSA) is 61.9 Å². The normalized spacial score (nSPS) is 17.1. The second kappa shape index (κ2) is 9.37. The maximum atomic E-state index is 14.2. The van der Waals surface area contributed by atoms with Crippen molar-refractivity contribution in [2.24, 2.45) is 11.8 Å². The van der Waals surface area contributed by atoms with Gasteiger partial charge in [-0.05, 0) is 67.5 Å². The van der Waals surface area contributed by atoms with E-state index in [0.29, 0.717) is 23.7 Å². The van der Waals surface area contributed by atoms with Crippen LogP contribution in [0.15, 0.2) is 41.3 Å². The maximum absolute atomic E-state index is 14.2. The van der Waals surface area contributed by atoms with Gasteiger partial charge in [0, 0.05) is 38.4 Å². The Hall–Kier alpha value is -2.16. The molecule has 0 atom stereocenters. The Morgan fingerprint density at radius 1 is 1.22 bits per heavy atom. The lowest BCUT2D eigenvalue weighted by Gasteiger charge is -2.29. The Morgan fingerprint density at radius 3 is 2.69 bits per heavy atom. The van der Waals surface area contributed by atoms with Crippen molar-refractivity contribution in [2.45, 2.75) is 45.1 Å². The minimum atomic E-state index is -3.85. The molecule has 1 saturated heterocycles. The minimum absolute atomic E-state index is 0.0819. The molecular weight excluding hydrogens is 429 g/mol. The Labute approximate surface area is 190 Å². The Kier molecular flexibility index (Phi) is 6.74. The average Bonchev–Trinajstić information content (AvgIpc) is 3.17. The van der Waals surface area contributed by atoms with Crippen LogP contribution in [-0.4, -0.2) is 34.7 Å². The second-order valence-electron chi connectivity index (χ2n) is 9.11. The fraction of sp³-hybridized carbons (Fsp3) is 0.500. The van der Waals surface area contributed by atoms with Gasteiger partial charge in [-0.1, -0.05) is 19.9 Å². The van der Waals surface area contributed by atoms with Crippen molar-refractivity contribution in [3.8, 4) is 0 Å². The first kappa shape index (κ1) is 23.0. The smallest absolute Gasteiger partial charge is 0.264 e. The number of ether oxygens (including phenoxy) is 1. The van der Waals surface area contributed by atoms with Crippen molar-refractivity contribution in [3.05, 3.63) is 53.3 Å². The number of sulfonamides is 1. The van der Waals surface area contributed by atoms with E-state index in [4.69, 9.17) is 4.74 Å². The van der Waals surface area contributed by atoms with Crippen molar-refractivity contribution in [3.63, 3.8) is 0 Å². The molecule has 4 rings (SSSR count). The molecule has 2 heterocycles. The molecule has 0 bridgehead atoms. The largest absolute Gasteiger partial charge is 0.381 e. The summed E-state index contributed by atoms with van der Waals surface area (Å²) in [7, 11) is -3.85. The van der Waals surface area contributed by atoms with E-state index in [1.807, 2.05) is 19.9 Å². The molecule has 8 heteroatoms. The van der Waals surface area contributed by atoms with Crippen molar-refractivity contribution >= 4 is 21.4 Å². The highest BCUT2D eigenvalue weighted by atomic mass is 32.2. The van der Waals surface area contributed by atoms with Crippen LogP contribution in [0.4, 0.5) is 15.8 Å². The van der Waals surface area contributed by atoms with E-state index in [0.717, 1.165) is 43.9 Å². The molecule has 174 valence electrons. The number of fused-ring (bicyclic) bond motifs is 1. The number of nitrogens with zero attached hydrogens (tertiary/aromatic N) is 2. The van der Waals surface area contributed by atoms with Gasteiger partial charge >= 0.3 is 0 Å². The number of rotatable bonds is 7. The van der Waals surface area contributed by atoms with Gasteiger partial charge in [-0.3, -0.25) is 4.31 Å². The van der Waals surface area contributed by atoms with E-state index < -0.39 is 15.8 Å². The molecule has 0 radical (unpaired) electrons. The van der Waals surface area contributed by atoms with Crippen LogP contribution < -0.4 is 14.7 Å². The summed E-state index contributed by atoms with van der Waals surface area (Å²) in [6, 6.07) is 9.88. The molecular formula is C24H32FN3O3S. The van der Waals surface area contributed by atoms with Crippen molar-refractivity contribution in [1.82, 2.24) is 5.43 Å². The van der Waals surface area contributed by atoms with E-state index in [1.165, 1.54) is 10.4 Å². The SMILES string of the molecule is Cc1c(F)cccc1N(CC(C)C)S(=O)(=O)c1ccc2c(c1)CNN2CC1CCOCC1. The van der Waals surface area contributed by atoms with Crippen LogP contribution in [0.3, 0.4) is 0 Å². The quantitative estimate of drug-likeness (QED) is 0.668. The molecule has 1 N–H and O–H groups in total. The van der Waals surface area contributed by atoms with E-state index in [9.17, 15) is 12.8 Å². The lowest BCUT2D eigenvalue weighted by molar-refractivity contribution is 0.0677. The van der Waals surface area contributed by atoms with Crippen LogP contribution in [0.25, 0.3) is 0 Å². The zero-order valence-electron chi connectivity index (χ0n) is 19.0. The first-order chi connectivity index (χ1) is 15.3. The molecule has 0 unspecified atom stereocenters. The van der Waals surface area contributed by atoms with Gasteiger partial charge in [-0.2, -0.15) is 0 Å². The molecule has 0 spiro atoms. The van der Waals surface area contributed by atoms with Crippen molar-refractivity contribution in [1.29, 1.82) is 0 Å². The van der Waals surface area contributed by atoms with Crippen molar-refractivity contribution in [2.75, 3.05) is 35.6 Å². The number of nitrogens with one attached hydrogen (secondary N) is 1. The highest BCUT2D eigenvalue weighted by Gasteiger charge is 2.30. The van der Waals surface area contributed by atoms with E-state index in [2.05, 4.69) is 10.4 Å². The molecule has 2 aliphatic heterocycles. The Bertz CT molecular complexity index is 1070.